The maximum absolute atomic E-state index is 11.7. The maximum Gasteiger partial charge on any atom is 0.338 e. The molecule has 0 aromatic heterocycles. The van der Waals surface area contributed by atoms with E-state index in [1.54, 1.807) is 12.1 Å². The van der Waals surface area contributed by atoms with Crippen molar-refractivity contribution in [2.24, 2.45) is 0 Å². The summed E-state index contributed by atoms with van der Waals surface area (Å²) in [6, 6.07) is 4.89. The summed E-state index contributed by atoms with van der Waals surface area (Å²) in [5.74, 6) is -1.33. The number of rotatable bonds is 6. The number of hydrogen-bond acceptors (Lipinski definition) is 4. The van der Waals surface area contributed by atoms with Crippen molar-refractivity contribution in [1.29, 1.82) is 0 Å². The SMILES string of the molecule is [B]Cc1ccc(C(=O)OCCS(=O)(=O)O)c(C[B])c1. The molecule has 0 saturated carbocycles. The van der Waals surface area contributed by atoms with Crippen LogP contribution in [0.5, 0.6) is 0 Å². The molecule has 1 aromatic rings. The smallest absolute Gasteiger partial charge is 0.338 e. The van der Waals surface area contributed by atoms with Gasteiger partial charge in [-0.1, -0.05) is 30.3 Å². The number of hydrogen-bond donors (Lipinski definition) is 1. The van der Waals surface area contributed by atoms with Crippen LogP contribution < -0.4 is 0 Å². The molecular formula is C11H12B2O5S. The van der Waals surface area contributed by atoms with Gasteiger partial charge in [-0.15, -0.1) is 0 Å². The largest absolute Gasteiger partial charge is 0.461 e. The van der Waals surface area contributed by atoms with E-state index in [0.717, 1.165) is 5.56 Å². The lowest BCUT2D eigenvalue weighted by molar-refractivity contribution is 0.0527. The average molecular weight is 278 g/mol. The topological polar surface area (TPSA) is 80.7 Å². The van der Waals surface area contributed by atoms with Gasteiger partial charge in [0.1, 0.15) is 12.4 Å². The van der Waals surface area contributed by atoms with Crippen LogP contribution in [0.25, 0.3) is 0 Å². The van der Waals surface area contributed by atoms with E-state index in [4.69, 9.17) is 25.0 Å². The van der Waals surface area contributed by atoms with E-state index < -0.39 is 28.4 Å². The lowest BCUT2D eigenvalue weighted by atomic mass is 9.88. The van der Waals surface area contributed by atoms with Gasteiger partial charge in [0.05, 0.1) is 21.3 Å². The van der Waals surface area contributed by atoms with E-state index in [9.17, 15) is 13.2 Å². The molecular weight excluding hydrogens is 266 g/mol. The lowest BCUT2D eigenvalue weighted by Gasteiger charge is -2.09. The first-order chi connectivity index (χ1) is 8.87. The highest BCUT2D eigenvalue weighted by Gasteiger charge is 2.13. The van der Waals surface area contributed by atoms with Gasteiger partial charge in [-0.05, 0) is 11.6 Å². The third-order valence-corrected chi connectivity index (χ3v) is 3.10. The molecule has 5 nitrogen and oxygen atoms in total. The number of carbonyl (C=O) groups is 1. The number of esters is 1. The predicted octanol–water partition coefficient (Wildman–Crippen LogP) is 0.0682. The van der Waals surface area contributed by atoms with Crippen LogP contribution in [0.15, 0.2) is 18.2 Å². The molecule has 1 rings (SSSR count). The quantitative estimate of drug-likeness (QED) is 0.452. The van der Waals surface area contributed by atoms with Crippen LogP contribution in [-0.2, 0) is 27.5 Å². The van der Waals surface area contributed by atoms with Gasteiger partial charge in [-0.3, -0.25) is 4.55 Å². The fraction of sp³-hybridized carbons (Fsp3) is 0.364. The van der Waals surface area contributed by atoms with E-state index in [1.165, 1.54) is 6.07 Å². The van der Waals surface area contributed by atoms with E-state index in [-0.39, 0.29) is 11.9 Å². The second kappa shape index (κ2) is 6.77. The molecule has 0 amide bonds. The Kier molecular flexibility index (Phi) is 5.62. The summed E-state index contributed by atoms with van der Waals surface area (Å²) in [6.45, 7) is -0.416. The van der Waals surface area contributed by atoms with Gasteiger partial charge in [0, 0.05) is 0 Å². The van der Waals surface area contributed by atoms with Crippen molar-refractivity contribution in [2.75, 3.05) is 12.4 Å². The normalized spacial score (nSPS) is 11.2. The first-order valence-electron chi connectivity index (χ1n) is 5.51. The van der Waals surface area contributed by atoms with Gasteiger partial charge >= 0.3 is 5.97 Å². The van der Waals surface area contributed by atoms with E-state index >= 15 is 0 Å². The highest BCUT2D eigenvalue weighted by molar-refractivity contribution is 7.85. The van der Waals surface area contributed by atoms with Crippen LogP contribution in [0.1, 0.15) is 21.5 Å². The van der Waals surface area contributed by atoms with E-state index in [0.29, 0.717) is 11.9 Å². The lowest BCUT2D eigenvalue weighted by Crippen LogP contribution is -2.16. The van der Waals surface area contributed by atoms with Gasteiger partial charge in [0.25, 0.3) is 10.1 Å². The minimum atomic E-state index is -4.15. The molecule has 0 aliphatic rings. The van der Waals surface area contributed by atoms with Gasteiger partial charge in [-0.25, -0.2) is 4.79 Å². The second-order valence-corrected chi connectivity index (χ2v) is 5.39. The average Bonchev–Trinajstić information content (AvgIpc) is 2.36. The Balaban J connectivity index is 2.76. The van der Waals surface area contributed by atoms with Crippen molar-refractivity contribution < 1.29 is 22.5 Å². The zero-order valence-corrected chi connectivity index (χ0v) is 11.0. The molecule has 0 saturated heterocycles. The summed E-state index contributed by atoms with van der Waals surface area (Å²) < 4.78 is 34.2. The van der Waals surface area contributed by atoms with Gasteiger partial charge in [-0.2, -0.15) is 8.42 Å². The number of benzene rings is 1. The first-order valence-corrected chi connectivity index (χ1v) is 7.12. The molecule has 0 atom stereocenters. The summed E-state index contributed by atoms with van der Waals surface area (Å²) in [5.41, 5.74) is 1.66. The Hall–Kier alpha value is -1.27. The second-order valence-electron chi connectivity index (χ2n) is 3.82. The van der Waals surface area contributed by atoms with Crippen molar-refractivity contribution in [1.82, 2.24) is 0 Å². The third kappa shape index (κ3) is 5.08. The molecule has 98 valence electrons. The zero-order valence-electron chi connectivity index (χ0n) is 10.2. The molecule has 1 aromatic carbocycles. The molecule has 0 bridgehead atoms. The van der Waals surface area contributed by atoms with E-state index in [1.807, 2.05) is 0 Å². The van der Waals surface area contributed by atoms with Crippen LogP contribution in [0.4, 0.5) is 0 Å². The van der Waals surface area contributed by atoms with Gasteiger partial charge in [0.15, 0.2) is 0 Å². The Morgan fingerprint density at radius 1 is 1.26 bits per heavy atom. The third-order valence-electron chi connectivity index (χ3n) is 2.42. The fourth-order valence-corrected chi connectivity index (χ4v) is 1.75. The predicted molar refractivity (Wildman–Crippen MR) is 72.1 cm³/mol. The fourth-order valence-electron chi connectivity index (χ4n) is 1.46. The van der Waals surface area contributed by atoms with E-state index in [2.05, 4.69) is 0 Å². The molecule has 0 spiro atoms. The van der Waals surface area contributed by atoms with Crippen molar-refractivity contribution in [3.63, 3.8) is 0 Å². The van der Waals surface area contributed by atoms with Crippen molar-refractivity contribution >= 4 is 31.8 Å². The highest BCUT2D eigenvalue weighted by Crippen LogP contribution is 2.13. The molecule has 0 aliphatic carbocycles. The molecule has 4 radical (unpaired) electrons. The van der Waals surface area contributed by atoms with Crippen molar-refractivity contribution in [3.05, 3.63) is 34.9 Å². The maximum atomic E-state index is 11.7. The minimum absolute atomic E-state index is 0.135. The molecule has 19 heavy (non-hydrogen) atoms. The van der Waals surface area contributed by atoms with Gasteiger partial charge < -0.3 is 4.74 Å². The Morgan fingerprint density at radius 3 is 2.47 bits per heavy atom. The molecule has 0 fully saturated rings. The van der Waals surface area contributed by atoms with Crippen LogP contribution >= 0.6 is 0 Å². The summed E-state index contributed by atoms with van der Waals surface area (Å²) in [7, 11) is 6.85. The van der Waals surface area contributed by atoms with Crippen LogP contribution in [0.3, 0.4) is 0 Å². The molecule has 1 N–H and O–H groups in total. The molecule has 0 heterocycles. The zero-order chi connectivity index (χ0) is 14.5. The van der Waals surface area contributed by atoms with Crippen LogP contribution in [0, 0.1) is 0 Å². The molecule has 0 unspecified atom stereocenters. The monoisotopic (exact) mass is 278 g/mol. The van der Waals surface area contributed by atoms with Crippen LogP contribution in [0.2, 0.25) is 0 Å². The Bertz CT molecular complexity index is 556. The summed E-state index contributed by atoms with van der Waals surface area (Å²) in [4.78, 5) is 11.7. The number of carbonyl (C=O) groups excluding carboxylic acids is 1. The van der Waals surface area contributed by atoms with Crippen molar-refractivity contribution in [3.8, 4) is 0 Å². The van der Waals surface area contributed by atoms with Crippen LogP contribution in [-0.4, -0.2) is 47.0 Å². The van der Waals surface area contributed by atoms with Gasteiger partial charge in [0.2, 0.25) is 0 Å². The first kappa shape index (κ1) is 15.8. The van der Waals surface area contributed by atoms with Crippen molar-refractivity contribution in [2.45, 2.75) is 12.6 Å². The Morgan fingerprint density at radius 2 is 1.95 bits per heavy atom. The Labute approximate surface area is 114 Å². The summed E-state index contributed by atoms with van der Waals surface area (Å²) in [5, 5.41) is 0. The summed E-state index contributed by atoms with van der Waals surface area (Å²) in [6.07, 6.45) is 0.460. The molecule has 0 aliphatic heterocycles. The number of ether oxygens (including phenoxy) is 1. The molecule has 8 heteroatoms. The summed E-state index contributed by atoms with van der Waals surface area (Å²) >= 11 is 0. The highest BCUT2D eigenvalue weighted by atomic mass is 32.2. The minimum Gasteiger partial charge on any atom is -0.461 e. The standard InChI is InChI=1S/C11H12B2O5S/c12-6-8-1-2-10(9(5-8)7-13)11(14)18-3-4-19(15,16)17/h1-2,5H,3-4,6-7H2,(H,15,16,17).